The zero-order chi connectivity index (χ0) is 11.1. The molecule has 0 N–H and O–H groups in total. The van der Waals surface area contributed by atoms with Gasteiger partial charge in [-0.1, -0.05) is 17.7 Å². The first kappa shape index (κ1) is 12.3. The molecule has 15 heavy (non-hydrogen) atoms. The molecule has 2 rings (SSSR count). The van der Waals surface area contributed by atoms with Crippen LogP contribution in [0.15, 0.2) is 41.0 Å². The van der Waals surface area contributed by atoms with Gasteiger partial charge in [0.25, 0.3) is 0 Å². The summed E-state index contributed by atoms with van der Waals surface area (Å²) in [5, 5.41) is 0. The van der Waals surface area contributed by atoms with Crippen LogP contribution in [0.3, 0.4) is 0 Å². The number of rotatable bonds is 2. The Hall–Kier alpha value is -0.787. The van der Waals surface area contributed by atoms with Crippen LogP contribution in [0.5, 0.6) is 5.75 Å². The van der Waals surface area contributed by atoms with Gasteiger partial charge in [0.2, 0.25) is 0 Å². The van der Waals surface area contributed by atoms with Crippen molar-refractivity contribution in [2.24, 2.45) is 0 Å². The van der Waals surface area contributed by atoms with Crippen molar-refractivity contribution < 1.29 is 26.5 Å². The Kier molecular flexibility index (Phi) is 5.45. The third-order valence-corrected chi connectivity index (χ3v) is 1.84. The van der Waals surface area contributed by atoms with Crippen LogP contribution < -0.4 is 4.74 Å². The molecule has 0 saturated carbocycles. The van der Waals surface area contributed by atoms with Gasteiger partial charge in [0.1, 0.15) is 5.75 Å². The Morgan fingerprint density at radius 1 is 1.27 bits per heavy atom. The van der Waals surface area contributed by atoms with Crippen LogP contribution in [0.25, 0.3) is 11.3 Å². The van der Waals surface area contributed by atoms with E-state index in [0.29, 0.717) is 0 Å². The molecular weight excluding hydrogens is 265 g/mol. The fraction of sp³-hybridized carbons (Fsp3) is 0.0909. The fourth-order valence-corrected chi connectivity index (χ4v) is 1.15. The summed E-state index contributed by atoms with van der Waals surface area (Å²) in [5.41, 5.74) is 1.03. The molecule has 0 spiro atoms. The molecule has 0 radical (unpaired) electrons. The molecule has 1 heterocycles. The summed E-state index contributed by atoms with van der Waals surface area (Å²) < 4.78 is 10.2. The normalized spacial score (nSPS) is 9.07. The monoisotopic (exact) mass is 272 g/mol. The van der Waals surface area contributed by atoms with Crippen molar-refractivity contribution in [1.82, 2.24) is 0 Å². The molecule has 0 atom stereocenters. The second-order valence-electron chi connectivity index (χ2n) is 2.64. The van der Waals surface area contributed by atoms with E-state index >= 15 is 0 Å². The van der Waals surface area contributed by atoms with E-state index in [1.54, 1.807) is 13.4 Å². The quantitative estimate of drug-likeness (QED) is 0.618. The average Bonchev–Trinajstić information content (AvgIpc) is 2.85. The van der Waals surface area contributed by atoms with E-state index in [0.717, 1.165) is 34.4 Å². The molecule has 0 aliphatic carbocycles. The topological polar surface area (TPSA) is 22.4 Å². The molecule has 1 aromatic heterocycles. The van der Waals surface area contributed by atoms with Crippen molar-refractivity contribution in [3.8, 4) is 17.1 Å². The van der Waals surface area contributed by atoms with Crippen molar-refractivity contribution in [2.45, 2.75) is 0 Å². The number of hydrogen-bond donors (Lipinski definition) is 0. The van der Waals surface area contributed by atoms with Crippen molar-refractivity contribution in [1.29, 1.82) is 0 Å². The van der Waals surface area contributed by atoms with Gasteiger partial charge in [-0.2, -0.15) is 6.07 Å². The van der Waals surface area contributed by atoms with Crippen LogP contribution in [-0.2, 0) is 17.3 Å². The maximum atomic E-state index is 5.20. The van der Waals surface area contributed by atoms with Crippen LogP contribution in [-0.4, -0.2) is 7.11 Å². The standard InChI is InChI=1S/C11H9O2.ClH.Zn/c1-12-10-6-4-9(5-7-10)11-3-2-8-13-11;;/h3-8H,1H3;1H;/q-1;;+2/p-1. The molecule has 0 bridgehead atoms. The number of methoxy groups -OCH3 is 1. The Morgan fingerprint density at radius 3 is 2.40 bits per heavy atom. The summed E-state index contributed by atoms with van der Waals surface area (Å²) in [5.74, 6) is 1.67. The second kappa shape index (κ2) is 6.65. The number of hydrogen-bond acceptors (Lipinski definition) is 2. The minimum atomic E-state index is 0.822. The Balaban J connectivity index is 0.000000531. The minimum absolute atomic E-state index is 0.822. The van der Waals surface area contributed by atoms with Crippen molar-refractivity contribution >= 4 is 9.69 Å². The number of ether oxygens (including phenoxy) is 1. The van der Waals surface area contributed by atoms with Gasteiger partial charge in [0.05, 0.1) is 7.11 Å². The van der Waals surface area contributed by atoms with Gasteiger partial charge in [-0.15, -0.1) is 0 Å². The Labute approximate surface area is 103 Å². The summed E-state index contributed by atoms with van der Waals surface area (Å²) in [6.45, 7) is 0. The second-order valence-corrected chi connectivity index (χ2v) is 2.64. The van der Waals surface area contributed by atoms with Crippen LogP contribution in [0.2, 0.25) is 0 Å². The molecule has 0 saturated heterocycles. The molecule has 2 nitrogen and oxygen atoms in total. The van der Waals surface area contributed by atoms with Crippen LogP contribution in [0.1, 0.15) is 0 Å². The van der Waals surface area contributed by atoms with Crippen molar-refractivity contribution in [3.63, 3.8) is 0 Å². The number of furan rings is 1. The van der Waals surface area contributed by atoms with Gasteiger partial charge in [-0.05, 0) is 24.2 Å². The Morgan fingerprint density at radius 2 is 1.93 bits per heavy atom. The molecule has 1 aromatic carbocycles. The first-order valence-electron chi connectivity index (χ1n) is 4.26. The predicted molar refractivity (Wildman–Crippen MR) is 55.4 cm³/mol. The summed E-state index contributed by atoms with van der Waals surface area (Å²) in [7, 11) is 6.41. The van der Waals surface area contributed by atoms with Crippen LogP contribution in [0, 0.1) is 6.07 Å². The Bertz CT molecular complexity index is 370. The number of halogens is 1. The van der Waals surface area contributed by atoms with Crippen LogP contribution >= 0.6 is 9.69 Å². The summed E-state index contributed by atoms with van der Waals surface area (Å²) in [4.78, 5) is 0. The third-order valence-electron chi connectivity index (χ3n) is 1.84. The summed E-state index contributed by atoms with van der Waals surface area (Å²) in [6, 6.07) is 12.4. The van der Waals surface area contributed by atoms with Gasteiger partial charge in [0.15, 0.2) is 0 Å². The molecule has 0 unspecified atom stereocenters. The van der Waals surface area contributed by atoms with Gasteiger partial charge in [-0.25, -0.2) is 6.07 Å². The summed E-state index contributed by atoms with van der Waals surface area (Å²) >= 11 is 0.847. The number of benzene rings is 1. The first-order chi connectivity index (χ1) is 7.40. The van der Waals surface area contributed by atoms with E-state index in [1.807, 2.05) is 30.3 Å². The van der Waals surface area contributed by atoms with E-state index < -0.39 is 0 Å². The van der Waals surface area contributed by atoms with E-state index in [1.165, 1.54) is 0 Å². The van der Waals surface area contributed by atoms with Crippen LogP contribution in [0.4, 0.5) is 0 Å². The summed E-state index contributed by atoms with van der Waals surface area (Å²) in [6.07, 6.45) is 1.54. The van der Waals surface area contributed by atoms with Gasteiger partial charge < -0.3 is 9.15 Å². The van der Waals surface area contributed by atoms with Gasteiger partial charge in [-0.3, -0.25) is 0 Å². The molecular formula is C11H9ClO2Zn. The maximum absolute atomic E-state index is 5.20. The third kappa shape index (κ3) is 3.37. The molecule has 4 heteroatoms. The SMILES string of the molecule is COc1ccc(-c2c[c-]co2)cc1.[Cl][Zn+]. The molecule has 0 amide bonds. The molecule has 0 aliphatic heterocycles. The van der Waals surface area contributed by atoms with Crippen molar-refractivity contribution in [2.75, 3.05) is 7.11 Å². The first-order valence-corrected chi connectivity index (χ1v) is 8.16. The van der Waals surface area contributed by atoms with E-state index in [9.17, 15) is 0 Å². The fourth-order valence-electron chi connectivity index (χ4n) is 1.15. The van der Waals surface area contributed by atoms with E-state index in [4.69, 9.17) is 18.8 Å². The van der Waals surface area contributed by atoms with Crippen molar-refractivity contribution in [3.05, 3.63) is 42.7 Å². The molecule has 0 fully saturated rings. The predicted octanol–water partition coefficient (Wildman–Crippen LogP) is 3.44. The van der Waals surface area contributed by atoms with E-state index in [-0.39, 0.29) is 0 Å². The molecule has 74 valence electrons. The zero-order valence-corrected chi connectivity index (χ0v) is 12.1. The van der Waals surface area contributed by atoms with E-state index in [2.05, 4.69) is 6.07 Å². The van der Waals surface area contributed by atoms with Gasteiger partial charge in [0, 0.05) is 0 Å². The zero-order valence-electron chi connectivity index (χ0n) is 8.37. The molecule has 0 aliphatic rings. The molecule has 2 aromatic rings. The van der Waals surface area contributed by atoms with Gasteiger partial charge >= 0.3 is 27.0 Å². The average molecular weight is 274 g/mol.